The van der Waals surface area contributed by atoms with E-state index in [0.717, 1.165) is 11.1 Å². The fourth-order valence-electron chi connectivity index (χ4n) is 3.33. The normalized spacial score (nSPS) is 13.2. The number of carbonyl (C=O) groups is 4. The van der Waals surface area contributed by atoms with Gasteiger partial charge in [-0.15, -0.1) is 0 Å². The van der Waals surface area contributed by atoms with Crippen LogP contribution in [0.15, 0.2) is 60.7 Å². The van der Waals surface area contributed by atoms with Crippen LogP contribution in [-0.2, 0) is 32.0 Å². The third-order valence-electron chi connectivity index (χ3n) is 5.21. The number of nitrogens with two attached hydrogens (primary N) is 1. The summed E-state index contributed by atoms with van der Waals surface area (Å²) in [5, 5.41) is 16.6. The Morgan fingerprint density at radius 1 is 0.829 bits per heavy atom. The quantitative estimate of drug-likeness (QED) is 0.256. The maximum atomic E-state index is 13.3. The molecule has 3 unspecified atom stereocenters. The van der Waals surface area contributed by atoms with Crippen LogP contribution >= 0.6 is 11.8 Å². The number of hydrogen-bond donors (Lipinski definition) is 5. The van der Waals surface area contributed by atoms with Crippen molar-refractivity contribution in [3.63, 3.8) is 0 Å². The zero-order chi connectivity index (χ0) is 25.6. The summed E-state index contributed by atoms with van der Waals surface area (Å²) >= 11 is 1.57. The van der Waals surface area contributed by atoms with Crippen LogP contribution in [0.3, 0.4) is 0 Å². The van der Waals surface area contributed by atoms with Gasteiger partial charge in [-0.3, -0.25) is 19.2 Å². The standard InChI is InChI=1S/C25H32N4O5S/c1-35-13-12-19(26)23(32)28-21(15-18-10-6-3-7-11-18)25(34)29-20(24(33)27-16-22(30)31)14-17-8-4-2-5-9-17/h2-11,19-21H,12-16,26H2,1H3,(H,27,33)(H,28,32)(H,29,34)(H,30,31). The van der Waals surface area contributed by atoms with Crippen LogP contribution in [0.4, 0.5) is 0 Å². The average molecular weight is 501 g/mol. The van der Waals surface area contributed by atoms with E-state index in [4.69, 9.17) is 10.8 Å². The highest BCUT2D eigenvalue weighted by Crippen LogP contribution is 2.08. The second-order valence-corrected chi connectivity index (χ2v) is 8.99. The zero-order valence-corrected chi connectivity index (χ0v) is 20.4. The van der Waals surface area contributed by atoms with Crippen LogP contribution in [-0.4, -0.2) is 65.5 Å². The molecule has 0 aliphatic carbocycles. The maximum Gasteiger partial charge on any atom is 0.322 e. The Morgan fingerprint density at radius 3 is 1.80 bits per heavy atom. The molecule has 188 valence electrons. The predicted molar refractivity (Wildman–Crippen MR) is 136 cm³/mol. The smallest absolute Gasteiger partial charge is 0.322 e. The number of carboxylic acids is 1. The van der Waals surface area contributed by atoms with Crippen LogP contribution in [0.25, 0.3) is 0 Å². The molecule has 0 aliphatic rings. The molecule has 2 rings (SSSR count). The van der Waals surface area contributed by atoms with Crippen molar-refractivity contribution < 1.29 is 24.3 Å². The van der Waals surface area contributed by atoms with E-state index in [0.29, 0.717) is 12.2 Å². The molecule has 0 radical (unpaired) electrons. The van der Waals surface area contributed by atoms with Crippen molar-refractivity contribution in [1.82, 2.24) is 16.0 Å². The van der Waals surface area contributed by atoms with E-state index in [9.17, 15) is 19.2 Å². The number of nitrogens with one attached hydrogen (secondary N) is 3. The van der Waals surface area contributed by atoms with E-state index in [1.54, 1.807) is 36.0 Å². The third kappa shape index (κ3) is 10.2. The average Bonchev–Trinajstić information content (AvgIpc) is 2.86. The second kappa shape index (κ2) is 14.8. The van der Waals surface area contributed by atoms with Gasteiger partial charge in [-0.05, 0) is 29.6 Å². The Bertz CT molecular complexity index is 974. The molecule has 0 heterocycles. The lowest BCUT2D eigenvalue weighted by molar-refractivity contribution is -0.138. The molecular weight excluding hydrogens is 468 g/mol. The lowest BCUT2D eigenvalue weighted by atomic mass is 10.0. The molecular formula is C25H32N4O5S. The summed E-state index contributed by atoms with van der Waals surface area (Å²) in [5.74, 6) is -2.15. The Kier molecular flexibility index (Phi) is 11.8. The molecule has 35 heavy (non-hydrogen) atoms. The van der Waals surface area contributed by atoms with Gasteiger partial charge in [-0.25, -0.2) is 0 Å². The molecule has 0 aromatic heterocycles. The number of rotatable bonds is 14. The SMILES string of the molecule is CSCCC(N)C(=O)NC(Cc1ccccc1)C(=O)NC(Cc1ccccc1)C(=O)NCC(=O)O. The van der Waals surface area contributed by atoms with E-state index in [2.05, 4.69) is 16.0 Å². The Morgan fingerprint density at radius 2 is 1.31 bits per heavy atom. The second-order valence-electron chi connectivity index (χ2n) is 8.00. The molecule has 2 aromatic carbocycles. The predicted octanol–water partition coefficient (Wildman–Crippen LogP) is 0.723. The fourth-order valence-corrected chi connectivity index (χ4v) is 3.82. The van der Waals surface area contributed by atoms with Gasteiger partial charge in [0.25, 0.3) is 0 Å². The monoisotopic (exact) mass is 500 g/mol. The van der Waals surface area contributed by atoms with Gasteiger partial charge in [0.2, 0.25) is 17.7 Å². The lowest BCUT2D eigenvalue weighted by Gasteiger charge is -2.24. The van der Waals surface area contributed by atoms with Crippen LogP contribution in [0.1, 0.15) is 17.5 Å². The largest absolute Gasteiger partial charge is 0.480 e. The first kappa shape index (κ1) is 27.9. The number of carboxylic acid groups (broad SMARTS) is 1. The molecule has 0 bridgehead atoms. The van der Waals surface area contributed by atoms with Crippen molar-refractivity contribution in [2.45, 2.75) is 37.4 Å². The summed E-state index contributed by atoms with van der Waals surface area (Å²) < 4.78 is 0. The Labute approximate surface area is 209 Å². The molecule has 3 atom stereocenters. The molecule has 9 nitrogen and oxygen atoms in total. The van der Waals surface area contributed by atoms with Gasteiger partial charge in [-0.2, -0.15) is 11.8 Å². The molecule has 10 heteroatoms. The van der Waals surface area contributed by atoms with Crippen LogP contribution in [0, 0.1) is 0 Å². The minimum absolute atomic E-state index is 0.150. The van der Waals surface area contributed by atoms with E-state index in [-0.39, 0.29) is 12.8 Å². The molecule has 6 N–H and O–H groups in total. The van der Waals surface area contributed by atoms with Crippen LogP contribution in [0.2, 0.25) is 0 Å². The van der Waals surface area contributed by atoms with Gasteiger partial charge in [-0.1, -0.05) is 60.7 Å². The van der Waals surface area contributed by atoms with Gasteiger partial charge < -0.3 is 26.8 Å². The highest BCUT2D eigenvalue weighted by molar-refractivity contribution is 7.98. The van der Waals surface area contributed by atoms with E-state index in [1.807, 2.05) is 42.7 Å². The molecule has 0 fully saturated rings. The molecule has 3 amide bonds. The highest BCUT2D eigenvalue weighted by Gasteiger charge is 2.28. The van der Waals surface area contributed by atoms with Gasteiger partial charge in [0, 0.05) is 12.8 Å². The first-order valence-electron chi connectivity index (χ1n) is 11.2. The van der Waals surface area contributed by atoms with Crippen molar-refractivity contribution in [3.8, 4) is 0 Å². The summed E-state index contributed by atoms with van der Waals surface area (Å²) in [6.45, 7) is -0.575. The molecule has 0 saturated heterocycles. The van der Waals surface area contributed by atoms with Gasteiger partial charge >= 0.3 is 5.97 Å². The van der Waals surface area contributed by atoms with E-state index in [1.165, 1.54) is 0 Å². The highest BCUT2D eigenvalue weighted by atomic mass is 32.2. The summed E-state index contributed by atoms with van der Waals surface area (Å²) in [6, 6.07) is 15.4. The fraction of sp³-hybridized carbons (Fsp3) is 0.360. The lowest BCUT2D eigenvalue weighted by Crippen LogP contribution is -2.57. The number of amides is 3. The molecule has 2 aromatic rings. The van der Waals surface area contributed by atoms with E-state index >= 15 is 0 Å². The number of thioether (sulfide) groups is 1. The van der Waals surface area contributed by atoms with Crippen molar-refractivity contribution in [3.05, 3.63) is 71.8 Å². The first-order valence-corrected chi connectivity index (χ1v) is 12.6. The summed E-state index contributed by atoms with van der Waals surface area (Å²) in [6.07, 6.45) is 2.72. The first-order chi connectivity index (χ1) is 16.8. The van der Waals surface area contributed by atoms with Gasteiger partial charge in [0.1, 0.15) is 18.6 Å². The number of hydrogen-bond acceptors (Lipinski definition) is 6. The van der Waals surface area contributed by atoms with Crippen molar-refractivity contribution in [2.24, 2.45) is 5.73 Å². The molecule has 0 saturated carbocycles. The zero-order valence-electron chi connectivity index (χ0n) is 19.6. The Balaban J connectivity index is 2.20. The minimum Gasteiger partial charge on any atom is -0.480 e. The third-order valence-corrected chi connectivity index (χ3v) is 5.86. The number of aliphatic carboxylic acids is 1. The minimum atomic E-state index is -1.20. The van der Waals surface area contributed by atoms with Crippen LogP contribution < -0.4 is 21.7 Å². The summed E-state index contributed by atoms with van der Waals surface area (Å²) in [4.78, 5) is 49.6. The van der Waals surface area contributed by atoms with Gasteiger partial charge in [0.15, 0.2) is 0 Å². The Hall–Kier alpha value is -3.37. The number of carbonyl (C=O) groups excluding carboxylic acids is 3. The van der Waals surface area contributed by atoms with Gasteiger partial charge in [0.05, 0.1) is 6.04 Å². The van der Waals surface area contributed by atoms with Crippen molar-refractivity contribution >= 4 is 35.5 Å². The van der Waals surface area contributed by atoms with E-state index < -0.39 is 48.4 Å². The molecule has 0 aliphatic heterocycles. The number of benzene rings is 2. The topological polar surface area (TPSA) is 151 Å². The van der Waals surface area contributed by atoms with Crippen molar-refractivity contribution in [2.75, 3.05) is 18.6 Å². The molecule has 0 spiro atoms. The van der Waals surface area contributed by atoms with Crippen LogP contribution in [0.5, 0.6) is 0 Å². The van der Waals surface area contributed by atoms with Crippen molar-refractivity contribution in [1.29, 1.82) is 0 Å². The summed E-state index contributed by atoms with van der Waals surface area (Å²) in [5.41, 5.74) is 7.59. The summed E-state index contributed by atoms with van der Waals surface area (Å²) in [7, 11) is 0. The maximum absolute atomic E-state index is 13.3.